The number of aliphatic hydroxyl groups is 2. The molecule has 0 amide bonds. The van der Waals surface area contributed by atoms with Crippen molar-refractivity contribution in [2.24, 2.45) is 0 Å². The van der Waals surface area contributed by atoms with Crippen molar-refractivity contribution in [1.82, 2.24) is 5.32 Å². The van der Waals surface area contributed by atoms with E-state index in [4.69, 9.17) is 14.6 Å². The molecule has 3 N–H and O–H groups in total. The Morgan fingerprint density at radius 1 is 1.22 bits per heavy atom. The summed E-state index contributed by atoms with van der Waals surface area (Å²) in [6.07, 6.45) is 0.0713. The number of hydrogen-bond acceptors (Lipinski definition) is 5. The maximum atomic E-state index is 9.98. The van der Waals surface area contributed by atoms with Crippen molar-refractivity contribution >= 4 is 0 Å². The van der Waals surface area contributed by atoms with Crippen LogP contribution in [-0.2, 0) is 0 Å². The third kappa shape index (κ3) is 4.18. The summed E-state index contributed by atoms with van der Waals surface area (Å²) >= 11 is 0. The predicted octanol–water partition coefficient (Wildman–Crippen LogP) is 0.709. The number of hydrogen-bond donors (Lipinski definition) is 3. The molecule has 0 saturated carbocycles. The molecule has 1 atom stereocenters. The van der Waals surface area contributed by atoms with E-state index in [0.717, 1.165) is 5.56 Å². The van der Waals surface area contributed by atoms with E-state index in [9.17, 15) is 5.11 Å². The zero-order valence-corrected chi connectivity index (χ0v) is 10.8. The lowest BCUT2D eigenvalue weighted by Gasteiger charge is -2.14. The molecule has 1 aromatic rings. The molecule has 18 heavy (non-hydrogen) atoms. The first-order chi connectivity index (χ1) is 8.72. The van der Waals surface area contributed by atoms with Crippen LogP contribution in [-0.4, -0.2) is 44.1 Å². The Balaban J connectivity index is 2.59. The van der Waals surface area contributed by atoms with Crippen molar-refractivity contribution in [2.45, 2.75) is 12.5 Å². The summed E-state index contributed by atoms with van der Waals surface area (Å²) in [5.74, 6) is 1.24. The van der Waals surface area contributed by atoms with Crippen LogP contribution in [0.1, 0.15) is 18.1 Å². The average molecular weight is 255 g/mol. The van der Waals surface area contributed by atoms with Gasteiger partial charge >= 0.3 is 0 Å². The van der Waals surface area contributed by atoms with Gasteiger partial charge in [-0.15, -0.1) is 0 Å². The van der Waals surface area contributed by atoms with Gasteiger partial charge < -0.3 is 25.0 Å². The van der Waals surface area contributed by atoms with Crippen molar-refractivity contribution in [3.63, 3.8) is 0 Å². The average Bonchev–Trinajstić information content (AvgIpc) is 2.42. The summed E-state index contributed by atoms with van der Waals surface area (Å²) in [5.41, 5.74) is 0.768. The third-order valence-corrected chi connectivity index (χ3v) is 2.64. The Kier molecular flexibility index (Phi) is 6.49. The van der Waals surface area contributed by atoms with Gasteiger partial charge in [-0.05, 0) is 30.7 Å². The summed E-state index contributed by atoms with van der Waals surface area (Å²) in [5, 5.41) is 21.7. The molecule has 0 aliphatic rings. The molecule has 0 aromatic heterocycles. The molecule has 0 radical (unpaired) electrons. The third-order valence-electron chi connectivity index (χ3n) is 2.64. The lowest BCUT2D eigenvalue weighted by molar-refractivity contribution is 0.172. The lowest BCUT2D eigenvalue weighted by Crippen LogP contribution is -2.23. The van der Waals surface area contributed by atoms with E-state index in [1.54, 1.807) is 32.4 Å². The highest BCUT2D eigenvalue weighted by atomic mass is 16.5. The SMILES string of the molecule is COc1ccc(C(O)CNCCCO)cc1OC. The van der Waals surface area contributed by atoms with Gasteiger partial charge in [0, 0.05) is 13.2 Å². The predicted molar refractivity (Wildman–Crippen MR) is 69.1 cm³/mol. The summed E-state index contributed by atoms with van der Waals surface area (Å²) in [6.45, 7) is 1.27. The number of nitrogens with one attached hydrogen (secondary N) is 1. The highest BCUT2D eigenvalue weighted by molar-refractivity contribution is 5.43. The Morgan fingerprint density at radius 2 is 1.94 bits per heavy atom. The van der Waals surface area contributed by atoms with E-state index in [1.165, 1.54) is 0 Å². The fourth-order valence-corrected chi connectivity index (χ4v) is 1.62. The Hall–Kier alpha value is -1.30. The first-order valence-corrected chi connectivity index (χ1v) is 5.94. The molecule has 5 nitrogen and oxygen atoms in total. The molecule has 0 bridgehead atoms. The molecule has 0 aliphatic heterocycles. The van der Waals surface area contributed by atoms with Crippen molar-refractivity contribution < 1.29 is 19.7 Å². The summed E-state index contributed by atoms with van der Waals surface area (Å²) in [4.78, 5) is 0. The van der Waals surface area contributed by atoms with Crippen molar-refractivity contribution in [2.75, 3.05) is 33.9 Å². The zero-order valence-electron chi connectivity index (χ0n) is 10.8. The minimum atomic E-state index is -0.608. The number of methoxy groups -OCH3 is 2. The van der Waals surface area contributed by atoms with Crippen LogP contribution in [0.25, 0.3) is 0 Å². The number of aliphatic hydroxyl groups excluding tert-OH is 2. The van der Waals surface area contributed by atoms with E-state index in [0.29, 0.717) is 31.0 Å². The van der Waals surface area contributed by atoms with Crippen molar-refractivity contribution in [1.29, 1.82) is 0 Å². The second kappa shape index (κ2) is 7.92. The smallest absolute Gasteiger partial charge is 0.161 e. The van der Waals surface area contributed by atoms with E-state index in [-0.39, 0.29) is 6.61 Å². The van der Waals surface area contributed by atoms with Crippen molar-refractivity contribution in [3.8, 4) is 11.5 Å². The molecular formula is C13H21NO4. The highest BCUT2D eigenvalue weighted by Crippen LogP contribution is 2.29. The molecule has 0 saturated heterocycles. The van der Waals surface area contributed by atoms with E-state index in [1.807, 2.05) is 0 Å². The molecule has 0 aliphatic carbocycles. The minimum absolute atomic E-state index is 0.152. The lowest BCUT2D eigenvalue weighted by atomic mass is 10.1. The molecular weight excluding hydrogens is 234 g/mol. The summed E-state index contributed by atoms with van der Waals surface area (Å²) in [7, 11) is 3.14. The van der Waals surface area contributed by atoms with E-state index < -0.39 is 6.10 Å². The Morgan fingerprint density at radius 3 is 2.56 bits per heavy atom. The molecule has 0 spiro atoms. The van der Waals surface area contributed by atoms with Gasteiger partial charge in [0.05, 0.1) is 20.3 Å². The monoisotopic (exact) mass is 255 g/mol. The normalized spacial score (nSPS) is 12.2. The van der Waals surface area contributed by atoms with Crippen LogP contribution in [0.3, 0.4) is 0 Å². The van der Waals surface area contributed by atoms with Crippen LogP contribution in [0.2, 0.25) is 0 Å². The van der Waals surface area contributed by atoms with Gasteiger partial charge in [-0.25, -0.2) is 0 Å². The molecule has 0 fully saturated rings. The molecule has 5 heteroatoms. The van der Waals surface area contributed by atoms with E-state index >= 15 is 0 Å². The quantitative estimate of drug-likeness (QED) is 0.597. The standard InChI is InChI=1S/C13H21NO4/c1-17-12-5-4-10(8-13(12)18-2)11(16)9-14-6-3-7-15/h4-5,8,11,14-16H,3,6-7,9H2,1-2H3. The first-order valence-electron chi connectivity index (χ1n) is 5.94. The molecule has 0 heterocycles. The van der Waals surface area contributed by atoms with Gasteiger partial charge in [-0.2, -0.15) is 0 Å². The van der Waals surface area contributed by atoms with Crippen LogP contribution in [0, 0.1) is 0 Å². The summed E-state index contributed by atoms with van der Waals surface area (Å²) < 4.78 is 10.3. The van der Waals surface area contributed by atoms with Gasteiger partial charge in [-0.3, -0.25) is 0 Å². The topological polar surface area (TPSA) is 71.0 Å². The van der Waals surface area contributed by atoms with Gasteiger partial charge in [0.25, 0.3) is 0 Å². The van der Waals surface area contributed by atoms with Crippen LogP contribution >= 0.6 is 0 Å². The van der Waals surface area contributed by atoms with Gasteiger partial charge in [-0.1, -0.05) is 6.07 Å². The maximum absolute atomic E-state index is 9.98. The van der Waals surface area contributed by atoms with E-state index in [2.05, 4.69) is 5.32 Å². The number of rotatable bonds is 8. The highest BCUT2D eigenvalue weighted by Gasteiger charge is 2.11. The van der Waals surface area contributed by atoms with Crippen LogP contribution in [0.4, 0.5) is 0 Å². The zero-order chi connectivity index (χ0) is 13.4. The molecule has 1 aromatic carbocycles. The number of benzene rings is 1. The molecule has 1 rings (SSSR count). The molecule has 102 valence electrons. The fraction of sp³-hybridized carbons (Fsp3) is 0.538. The Labute approximate surface area is 107 Å². The van der Waals surface area contributed by atoms with Gasteiger partial charge in [0.15, 0.2) is 11.5 Å². The van der Waals surface area contributed by atoms with Crippen LogP contribution in [0.5, 0.6) is 11.5 Å². The second-order valence-electron chi connectivity index (χ2n) is 3.91. The largest absolute Gasteiger partial charge is 0.493 e. The van der Waals surface area contributed by atoms with Crippen molar-refractivity contribution in [3.05, 3.63) is 23.8 Å². The Bertz CT molecular complexity index is 357. The minimum Gasteiger partial charge on any atom is -0.493 e. The fourth-order valence-electron chi connectivity index (χ4n) is 1.62. The summed E-state index contributed by atoms with van der Waals surface area (Å²) in [6, 6.07) is 5.34. The van der Waals surface area contributed by atoms with Gasteiger partial charge in [0.1, 0.15) is 0 Å². The maximum Gasteiger partial charge on any atom is 0.161 e. The van der Waals surface area contributed by atoms with Crippen LogP contribution < -0.4 is 14.8 Å². The molecule has 1 unspecified atom stereocenters. The first kappa shape index (κ1) is 14.8. The van der Waals surface area contributed by atoms with Gasteiger partial charge in [0.2, 0.25) is 0 Å². The van der Waals surface area contributed by atoms with Crippen LogP contribution in [0.15, 0.2) is 18.2 Å². The number of ether oxygens (including phenoxy) is 2. The second-order valence-corrected chi connectivity index (χ2v) is 3.91.